The summed E-state index contributed by atoms with van der Waals surface area (Å²) >= 11 is 0. The highest BCUT2D eigenvalue weighted by Crippen LogP contribution is 2.55. The lowest BCUT2D eigenvalue weighted by atomic mass is 9.94. The lowest BCUT2D eigenvalue weighted by molar-refractivity contribution is -0.145. The van der Waals surface area contributed by atoms with Crippen molar-refractivity contribution in [2.24, 2.45) is 5.92 Å². The summed E-state index contributed by atoms with van der Waals surface area (Å²) in [5, 5.41) is 0. The first-order valence-electron chi connectivity index (χ1n) is 8.67. The summed E-state index contributed by atoms with van der Waals surface area (Å²) in [6.45, 7) is 3.51. The van der Waals surface area contributed by atoms with E-state index in [1.807, 2.05) is 6.92 Å². The Morgan fingerprint density at radius 3 is 2.56 bits per heavy atom. The van der Waals surface area contributed by atoms with Crippen molar-refractivity contribution < 1.29 is 26.5 Å². The number of benzene rings is 2. The molecule has 0 unspecified atom stereocenters. The number of carbonyl (C=O) groups excluding carboxylic acids is 1. The van der Waals surface area contributed by atoms with Gasteiger partial charge in [0.25, 0.3) is 10.1 Å². The molecule has 7 heteroatoms. The molecule has 0 aromatic heterocycles. The van der Waals surface area contributed by atoms with E-state index in [0.717, 1.165) is 5.56 Å². The Morgan fingerprint density at radius 1 is 1.22 bits per heavy atom. The molecule has 0 saturated heterocycles. The minimum Gasteiger partial charge on any atom is -0.466 e. The van der Waals surface area contributed by atoms with Crippen molar-refractivity contribution in [1.82, 2.24) is 0 Å². The van der Waals surface area contributed by atoms with E-state index >= 15 is 0 Å². The summed E-state index contributed by atoms with van der Waals surface area (Å²) < 4.78 is 49.1. The van der Waals surface area contributed by atoms with Gasteiger partial charge in [0.1, 0.15) is 5.82 Å². The Morgan fingerprint density at radius 2 is 1.93 bits per heavy atom. The van der Waals surface area contributed by atoms with Crippen molar-refractivity contribution >= 4 is 16.1 Å². The SMILES string of the molecule is CCOC(=O)[C@@H]1C[C@@]1(COS(=O)(=O)c1ccc(C)cc1)c1cccc(F)c1. The second kappa shape index (κ2) is 7.40. The normalized spacial score (nSPS) is 21.7. The largest absolute Gasteiger partial charge is 0.466 e. The molecule has 1 aliphatic rings. The summed E-state index contributed by atoms with van der Waals surface area (Å²) in [5.74, 6) is -1.45. The highest BCUT2D eigenvalue weighted by molar-refractivity contribution is 7.86. The van der Waals surface area contributed by atoms with Crippen molar-refractivity contribution in [2.45, 2.75) is 30.6 Å². The molecule has 5 nitrogen and oxygen atoms in total. The average Bonchev–Trinajstić information content (AvgIpc) is 3.37. The maximum Gasteiger partial charge on any atom is 0.309 e. The van der Waals surface area contributed by atoms with Crippen molar-refractivity contribution in [3.63, 3.8) is 0 Å². The standard InChI is InChI=1S/C20H21FO5S/c1-3-25-19(22)18-12-20(18,15-5-4-6-16(21)11-15)13-26-27(23,24)17-9-7-14(2)8-10-17/h4-11,18H,3,12-13H2,1-2H3/t18-,20+/m0/s1. The smallest absolute Gasteiger partial charge is 0.309 e. The van der Waals surface area contributed by atoms with E-state index in [9.17, 15) is 17.6 Å². The van der Waals surface area contributed by atoms with Gasteiger partial charge >= 0.3 is 5.97 Å². The zero-order valence-corrected chi connectivity index (χ0v) is 16.0. The quantitative estimate of drug-likeness (QED) is 0.534. The minimum atomic E-state index is -4.00. The van der Waals surface area contributed by atoms with Gasteiger partial charge < -0.3 is 4.74 Å². The van der Waals surface area contributed by atoms with Crippen LogP contribution in [0.4, 0.5) is 4.39 Å². The van der Waals surface area contributed by atoms with Crippen molar-refractivity contribution in [3.8, 4) is 0 Å². The number of hydrogen-bond acceptors (Lipinski definition) is 5. The van der Waals surface area contributed by atoms with Gasteiger partial charge in [-0.1, -0.05) is 29.8 Å². The lowest BCUT2D eigenvalue weighted by Gasteiger charge is -2.18. The number of halogens is 1. The molecule has 27 heavy (non-hydrogen) atoms. The van der Waals surface area contributed by atoms with E-state index in [1.54, 1.807) is 25.1 Å². The fourth-order valence-corrected chi connectivity index (χ4v) is 4.14. The van der Waals surface area contributed by atoms with Gasteiger partial charge in [-0.25, -0.2) is 4.39 Å². The van der Waals surface area contributed by atoms with E-state index < -0.39 is 33.2 Å². The van der Waals surface area contributed by atoms with E-state index in [0.29, 0.717) is 12.0 Å². The van der Waals surface area contributed by atoms with Crippen LogP contribution in [0.2, 0.25) is 0 Å². The number of hydrogen-bond donors (Lipinski definition) is 0. The molecule has 0 radical (unpaired) electrons. The zero-order valence-electron chi connectivity index (χ0n) is 15.1. The summed E-state index contributed by atoms with van der Waals surface area (Å²) in [4.78, 5) is 12.2. The molecule has 0 amide bonds. The summed E-state index contributed by atoms with van der Waals surface area (Å²) in [6, 6.07) is 12.1. The minimum absolute atomic E-state index is 0.0378. The summed E-state index contributed by atoms with van der Waals surface area (Å²) in [6.07, 6.45) is 0.346. The molecule has 2 atom stereocenters. The van der Waals surface area contributed by atoms with Gasteiger partial charge in [0, 0.05) is 5.41 Å². The highest BCUT2D eigenvalue weighted by atomic mass is 32.2. The van der Waals surface area contributed by atoms with Crippen LogP contribution in [-0.2, 0) is 29.2 Å². The van der Waals surface area contributed by atoms with Gasteiger partial charge in [-0.2, -0.15) is 8.42 Å². The molecule has 1 saturated carbocycles. The summed E-state index contributed by atoms with van der Waals surface area (Å²) in [5.41, 5.74) is 0.543. The lowest BCUT2D eigenvalue weighted by Crippen LogP contribution is -2.25. The number of esters is 1. The van der Waals surface area contributed by atoms with Crippen LogP contribution in [0.15, 0.2) is 53.4 Å². The first kappa shape index (κ1) is 19.5. The van der Waals surface area contributed by atoms with Crippen LogP contribution in [0.3, 0.4) is 0 Å². The zero-order chi connectivity index (χ0) is 19.7. The highest BCUT2D eigenvalue weighted by Gasteiger charge is 2.61. The van der Waals surface area contributed by atoms with E-state index in [2.05, 4.69) is 0 Å². The monoisotopic (exact) mass is 392 g/mol. The molecule has 3 rings (SSSR count). The van der Waals surface area contributed by atoms with Gasteiger partial charge in [-0.3, -0.25) is 8.98 Å². The molecule has 0 bridgehead atoms. The van der Waals surface area contributed by atoms with Crippen LogP contribution < -0.4 is 0 Å². The average molecular weight is 392 g/mol. The molecular formula is C20H21FO5S. The number of rotatable bonds is 7. The Kier molecular flexibility index (Phi) is 5.35. The van der Waals surface area contributed by atoms with Gasteiger partial charge in [0.05, 0.1) is 24.0 Å². The van der Waals surface area contributed by atoms with Crippen LogP contribution in [0.1, 0.15) is 24.5 Å². The van der Waals surface area contributed by atoms with Crippen molar-refractivity contribution in [2.75, 3.05) is 13.2 Å². The van der Waals surface area contributed by atoms with E-state index in [1.165, 1.54) is 30.3 Å². The molecular weight excluding hydrogens is 371 g/mol. The van der Waals surface area contributed by atoms with Gasteiger partial charge in [0.15, 0.2) is 0 Å². The fourth-order valence-electron chi connectivity index (χ4n) is 3.17. The molecule has 0 N–H and O–H groups in total. The van der Waals surface area contributed by atoms with E-state index in [4.69, 9.17) is 8.92 Å². The third kappa shape index (κ3) is 4.04. The predicted octanol–water partition coefficient (Wildman–Crippen LogP) is 3.36. The third-order valence-corrected chi connectivity index (χ3v) is 6.10. The summed E-state index contributed by atoms with van der Waals surface area (Å²) in [7, 11) is -4.00. The maximum atomic E-state index is 13.7. The molecule has 0 aliphatic heterocycles. The topological polar surface area (TPSA) is 69.7 Å². The third-order valence-electron chi connectivity index (χ3n) is 4.83. The van der Waals surface area contributed by atoms with Crippen LogP contribution >= 0.6 is 0 Å². The van der Waals surface area contributed by atoms with Crippen LogP contribution in [0, 0.1) is 18.7 Å². The molecule has 2 aromatic rings. The second-order valence-corrected chi connectivity index (χ2v) is 8.32. The first-order valence-corrected chi connectivity index (χ1v) is 10.1. The van der Waals surface area contributed by atoms with Crippen LogP contribution in [0.25, 0.3) is 0 Å². The van der Waals surface area contributed by atoms with Gasteiger partial charge in [0.2, 0.25) is 0 Å². The predicted molar refractivity (Wildman–Crippen MR) is 97.1 cm³/mol. The Bertz CT molecular complexity index is 939. The van der Waals surface area contributed by atoms with Gasteiger partial charge in [-0.15, -0.1) is 0 Å². The molecule has 2 aromatic carbocycles. The Balaban J connectivity index is 1.85. The van der Waals surface area contributed by atoms with Crippen molar-refractivity contribution in [3.05, 3.63) is 65.5 Å². The molecule has 0 heterocycles. The number of ether oxygens (including phenoxy) is 1. The fraction of sp³-hybridized carbons (Fsp3) is 0.350. The van der Waals surface area contributed by atoms with Gasteiger partial charge in [-0.05, 0) is 50.1 Å². The van der Waals surface area contributed by atoms with Crippen LogP contribution in [-0.4, -0.2) is 27.6 Å². The molecule has 1 fully saturated rings. The van der Waals surface area contributed by atoms with E-state index in [-0.39, 0.29) is 18.1 Å². The molecule has 1 aliphatic carbocycles. The van der Waals surface area contributed by atoms with Crippen molar-refractivity contribution in [1.29, 1.82) is 0 Å². The maximum absolute atomic E-state index is 13.7. The Labute approximate surface area is 158 Å². The van der Waals surface area contributed by atoms with Crippen LogP contribution in [0.5, 0.6) is 0 Å². The second-order valence-electron chi connectivity index (χ2n) is 6.70. The molecule has 0 spiro atoms. The Hall–Kier alpha value is -2.25. The first-order chi connectivity index (χ1) is 12.8. The number of carbonyl (C=O) groups is 1. The molecule has 144 valence electrons. The number of aryl methyl sites for hydroxylation is 1.